The van der Waals surface area contributed by atoms with Crippen LogP contribution in [0, 0.1) is 0 Å². The number of aryl methyl sites for hydroxylation is 1. The number of anilines is 1. The summed E-state index contributed by atoms with van der Waals surface area (Å²) >= 11 is 0. The molecule has 0 amide bonds. The van der Waals surface area contributed by atoms with E-state index in [0.717, 1.165) is 6.42 Å². The number of hydrogen-bond acceptors (Lipinski definition) is 1. The minimum absolute atomic E-state index is 1.13. The zero-order valence-electron chi connectivity index (χ0n) is 11.7. The second kappa shape index (κ2) is 8.16. The van der Waals surface area contributed by atoms with Gasteiger partial charge in [0.25, 0.3) is 0 Å². The highest BCUT2D eigenvalue weighted by atomic mass is 15.1. The number of benzene rings is 1. The average Bonchev–Trinajstić information content (AvgIpc) is 2.38. The molecule has 0 spiro atoms. The molecule has 0 aliphatic heterocycles. The van der Waals surface area contributed by atoms with Crippen molar-refractivity contribution in [1.82, 2.24) is 0 Å². The Hall–Kier alpha value is -0.980. The molecular formula is C16H27N. The second-order valence-electron chi connectivity index (χ2n) is 4.68. The van der Waals surface area contributed by atoms with E-state index in [0.29, 0.717) is 0 Å². The molecule has 1 aromatic carbocycles. The second-order valence-corrected chi connectivity index (χ2v) is 4.68. The lowest BCUT2D eigenvalue weighted by atomic mass is 10.1. The van der Waals surface area contributed by atoms with Gasteiger partial charge in [-0.25, -0.2) is 0 Å². The summed E-state index contributed by atoms with van der Waals surface area (Å²) in [6, 6.07) is 8.85. The monoisotopic (exact) mass is 233 g/mol. The number of para-hydroxylation sites is 1. The van der Waals surface area contributed by atoms with Crippen molar-refractivity contribution in [3.63, 3.8) is 0 Å². The van der Waals surface area contributed by atoms with Crippen molar-refractivity contribution in [1.29, 1.82) is 0 Å². The molecule has 0 saturated heterocycles. The summed E-state index contributed by atoms with van der Waals surface area (Å²) in [5.41, 5.74) is 2.94. The van der Waals surface area contributed by atoms with Crippen molar-refractivity contribution in [2.24, 2.45) is 0 Å². The van der Waals surface area contributed by atoms with Crippen LogP contribution in [0.1, 0.15) is 52.0 Å². The summed E-state index contributed by atoms with van der Waals surface area (Å²) in [5.74, 6) is 0. The summed E-state index contributed by atoms with van der Waals surface area (Å²) in [7, 11) is 0. The Kier molecular flexibility index (Phi) is 6.76. The van der Waals surface area contributed by atoms with Gasteiger partial charge in [-0.1, -0.05) is 51.8 Å². The van der Waals surface area contributed by atoms with E-state index in [2.05, 4.69) is 49.9 Å². The van der Waals surface area contributed by atoms with Crippen LogP contribution < -0.4 is 4.90 Å². The van der Waals surface area contributed by atoms with Crippen LogP contribution >= 0.6 is 0 Å². The smallest absolute Gasteiger partial charge is 0.0398 e. The highest BCUT2D eigenvalue weighted by molar-refractivity contribution is 5.53. The minimum Gasteiger partial charge on any atom is -0.371 e. The van der Waals surface area contributed by atoms with Crippen LogP contribution in [0.5, 0.6) is 0 Å². The predicted molar refractivity (Wildman–Crippen MR) is 77.8 cm³/mol. The Morgan fingerprint density at radius 1 is 0.882 bits per heavy atom. The number of hydrogen-bond donors (Lipinski definition) is 0. The number of nitrogens with zero attached hydrogens (tertiary/aromatic N) is 1. The topological polar surface area (TPSA) is 3.24 Å². The molecule has 1 nitrogen and oxygen atoms in total. The number of rotatable bonds is 8. The molecule has 0 bridgehead atoms. The first-order valence-corrected chi connectivity index (χ1v) is 7.16. The largest absolute Gasteiger partial charge is 0.371 e. The van der Waals surface area contributed by atoms with Crippen LogP contribution in [0.25, 0.3) is 0 Å². The Morgan fingerprint density at radius 3 is 2.29 bits per heavy atom. The fourth-order valence-corrected chi connectivity index (χ4v) is 2.29. The summed E-state index contributed by atoms with van der Waals surface area (Å²) in [5, 5.41) is 0. The van der Waals surface area contributed by atoms with E-state index in [-0.39, 0.29) is 0 Å². The van der Waals surface area contributed by atoms with E-state index in [4.69, 9.17) is 0 Å². The van der Waals surface area contributed by atoms with E-state index in [1.54, 1.807) is 0 Å². The Labute approximate surface area is 107 Å². The lowest BCUT2D eigenvalue weighted by Crippen LogP contribution is -2.26. The molecule has 0 radical (unpaired) electrons. The van der Waals surface area contributed by atoms with Crippen LogP contribution in [0.15, 0.2) is 24.3 Å². The third-order valence-corrected chi connectivity index (χ3v) is 3.24. The van der Waals surface area contributed by atoms with Crippen molar-refractivity contribution < 1.29 is 0 Å². The van der Waals surface area contributed by atoms with Gasteiger partial charge in [0.1, 0.15) is 0 Å². The molecule has 1 heteroatoms. The van der Waals surface area contributed by atoms with Gasteiger partial charge < -0.3 is 4.90 Å². The van der Waals surface area contributed by atoms with Gasteiger partial charge in [0.15, 0.2) is 0 Å². The molecule has 0 N–H and O–H groups in total. The first-order valence-electron chi connectivity index (χ1n) is 7.16. The molecule has 0 saturated carbocycles. The fourth-order valence-electron chi connectivity index (χ4n) is 2.29. The molecule has 1 aromatic rings. The van der Waals surface area contributed by atoms with Gasteiger partial charge >= 0.3 is 0 Å². The Balaban J connectivity index is 2.73. The van der Waals surface area contributed by atoms with Crippen LogP contribution in [0.4, 0.5) is 5.69 Å². The Morgan fingerprint density at radius 2 is 1.65 bits per heavy atom. The first kappa shape index (κ1) is 14.1. The van der Waals surface area contributed by atoms with Crippen LogP contribution in [0.2, 0.25) is 0 Å². The molecule has 0 aliphatic rings. The summed E-state index contributed by atoms with van der Waals surface area (Å²) in [6.45, 7) is 9.17. The van der Waals surface area contributed by atoms with Gasteiger partial charge in [-0.05, 0) is 30.9 Å². The van der Waals surface area contributed by atoms with Gasteiger partial charge in [-0.3, -0.25) is 0 Å². The molecule has 17 heavy (non-hydrogen) atoms. The van der Waals surface area contributed by atoms with Crippen molar-refractivity contribution in [3.8, 4) is 0 Å². The third kappa shape index (κ3) is 4.41. The van der Waals surface area contributed by atoms with Gasteiger partial charge in [0.05, 0.1) is 0 Å². The van der Waals surface area contributed by atoms with Crippen molar-refractivity contribution in [3.05, 3.63) is 29.8 Å². The molecule has 0 unspecified atom stereocenters. The van der Waals surface area contributed by atoms with Gasteiger partial charge in [-0.15, -0.1) is 0 Å². The first-order chi connectivity index (χ1) is 8.33. The normalized spacial score (nSPS) is 10.5. The lowest BCUT2D eigenvalue weighted by Gasteiger charge is -2.26. The maximum Gasteiger partial charge on any atom is 0.0398 e. The highest BCUT2D eigenvalue weighted by Crippen LogP contribution is 2.21. The minimum atomic E-state index is 1.13. The molecule has 0 atom stereocenters. The molecule has 0 aromatic heterocycles. The van der Waals surface area contributed by atoms with Gasteiger partial charge in [0.2, 0.25) is 0 Å². The Bertz CT molecular complexity index is 306. The van der Waals surface area contributed by atoms with Crippen molar-refractivity contribution >= 4 is 5.69 Å². The molecule has 0 aliphatic carbocycles. The van der Waals surface area contributed by atoms with Crippen molar-refractivity contribution in [2.75, 3.05) is 18.0 Å². The third-order valence-electron chi connectivity index (χ3n) is 3.24. The summed E-state index contributed by atoms with van der Waals surface area (Å²) in [6.07, 6.45) is 6.31. The zero-order chi connectivity index (χ0) is 12.5. The highest BCUT2D eigenvalue weighted by Gasteiger charge is 2.08. The van der Waals surface area contributed by atoms with E-state index in [1.807, 2.05) is 0 Å². The van der Waals surface area contributed by atoms with Gasteiger partial charge in [-0.2, -0.15) is 0 Å². The SMILES string of the molecule is CCCCCN(CCC)c1ccccc1CC. The summed E-state index contributed by atoms with van der Waals surface area (Å²) in [4.78, 5) is 2.56. The maximum atomic E-state index is 2.56. The molecule has 0 heterocycles. The maximum absolute atomic E-state index is 2.56. The lowest BCUT2D eigenvalue weighted by molar-refractivity contribution is 0.667. The van der Waals surface area contributed by atoms with Crippen molar-refractivity contribution in [2.45, 2.75) is 52.9 Å². The van der Waals surface area contributed by atoms with Gasteiger partial charge in [0, 0.05) is 18.8 Å². The number of unbranched alkanes of at least 4 members (excludes halogenated alkanes) is 2. The zero-order valence-corrected chi connectivity index (χ0v) is 11.7. The molecular weight excluding hydrogens is 206 g/mol. The molecule has 0 fully saturated rings. The molecule has 1 rings (SSSR count). The predicted octanol–water partition coefficient (Wildman–Crippen LogP) is 4.66. The van der Waals surface area contributed by atoms with E-state index in [9.17, 15) is 0 Å². The van der Waals surface area contributed by atoms with Crippen LogP contribution in [-0.4, -0.2) is 13.1 Å². The standard InChI is InChI=1S/C16H27N/c1-4-7-10-14-17(13-5-2)16-12-9-8-11-15(16)6-3/h8-9,11-12H,4-7,10,13-14H2,1-3H3. The molecule has 96 valence electrons. The fraction of sp³-hybridized carbons (Fsp3) is 0.625. The summed E-state index contributed by atoms with van der Waals surface area (Å²) < 4.78 is 0. The van der Waals surface area contributed by atoms with Crippen LogP contribution in [0.3, 0.4) is 0 Å². The van der Waals surface area contributed by atoms with Crippen LogP contribution in [-0.2, 0) is 6.42 Å². The quantitative estimate of drug-likeness (QED) is 0.590. The van der Waals surface area contributed by atoms with E-state index < -0.39 is 0 Å². The average molecular weight is 233 g/mol. The van der Waals surface area contributed by atoms with E-state index in [1.165, 1.54) is 50.0 Å². The van der Waals surface area contributed by atoms with E-state index >= 15 is 0 Å².